The number of aromatic carboxylic acids is 1. The lowest BCUT2D eigenvalue weighted by Crippen LogP contribution is -2.01. The van der Waals surface area contributed by atoms with Gasteiger partial charge in [-0.3, -0.25) is 0 Å². The molecule has 4 heteroatoms. The molecule has 64 valence electrons. The maximum Gasteiger partial charge on any atom is 0.335 e. The number of benzene rings is 1. The molecule has 1 aromatic rings. The Kier molecular flexibility index (Phi) is 2.30. The smallest absolute Gasteiger partial charge is 0.335 e. The Bertz CT molecular complexity index is 306. The average Bonchev–Trinajstić information content (AvgIpc) is 2.03. The van der Waals surface area contributed by atoms with Gasteiger partial charge in [-0.2, -0.15) is 0 Å². The molecule has 0 radical (unpaired) electrons. The van der Waals surface area contributed by atoms with Crippen molar-refractivity contribution in [2.45, 2.75) is 6.61 Å². The molecular weight excluding hydrogens is 160 g/mol. The van der Waals surface area contributed by atoms with Gasteiger partial charge in [0.25, 0.3) is 0 Å². The molecular formula is C8H7O4-. The van der Waals surface area contributed by atoms with E-state index >= 15 is 0 Å². The summed E-state index contributed by atoms with van der Waals surface area (Å²) in [6.45, 7) is -0.323. The molecule has 0 heterocycles. The Hall–Kier alpha value is -1.55. The van der Waals surface area contributed by atoms with Crippen molar-refractivity contribution in [3.8, 4) is 5.75 Å². The van der Waals surface area contributed by atoms with E-state index in [4.69, 9.17) is 10.2 Å². The van der Waals surface area contributed by atoms with Gasteiger partial charge in [-0.15, -0.1) is 5.75 Å². The summed E-state index contributed by atoms with van der Waals surface area (Å²) in [6.07, 6.45) is 0. The highest BCUT2D eigenvalue weighted by atomic mass is 16.4. The standard InChI is InChI=1S/C8H8O4/c9-4-5-1-6(8(11)12)3-7(10)2-5/h1-3,9-10H,4H2,(H,11,12)/p-1. The van der Waals surface area contributed by atoms with Crippen LogP contribution in [-0.2, 0) is 6.61 Å². The number of hydrogen-bond donors (Lipinski definition) is 2. The molecule has 0 spiro atoms. The number of hydrogen-bond acceptors (Lipinski definition) is 3. The van der Waals surface area contributed by atoms with E-state index in [0.717, 1.165) is 6.07 Å². The second-order valence-electron chi connectivity index (χ2n) is 2.33. The zero-order valence-corrected chi connectivity index (χ0v) is 6.15. The molecule has 0 saturated heterocycles. The van der Waals surface area contributed by atoms with E-state index in [2.05, 4.69) is 0 Å². The van der Waals surface area contributed by atoms with E-state index in [1.807, 2.05) is 0 Å². The molecule has 0 fully saturated rings. The summed E-state index contributed by atoms with van der Waals surface area (Å²) in [4.78, 5) is 10.4. The largest absolute Gasteiger partial charge is 0.872 e. The van der Waals surface area contributed by atoms with Gasteiger partial charge < -0.3 is 15.3 Å². The van der Waals surface area contributed by atoms with Crippen LogP contribution in [0.15, 0.2) is 18.2 Å². The van der Waals surface area contributed by atoms with Crippen molar-refractivity contribution in [2.75, 3.05) is 0 Å². The van der Waals surface area contributed by atoms with Crippen molar-refractivity contribution in [2.24, 2.45) is 0 Å². The third-order valence-electron chi connectivity index (χ3n) is 1.40. The first-order valence-electron chi connectivity index (χ1n) is 3.28. The van der Waals surface area contributed by atoms with Crippen LogP contribution in [0.25, 0.3) is 0 Å². The number of aliphatic hydroxyl groups excluding tert-OH is 1. The second kappa shape index (κ2) is 3.23. The maximum atomic E-state index is 10.8. The van der Waals surface area contributed by atoms with Gasteiger partial charge in [-0.1, -0.05) is 12.1 Å². The molecule has 0 aliphatic heterocycles. The molecule has 1 aromatic carbocycles. The zero-order chi connectivity index (χ0) is 9.14. The molecule has 0 saturated carbocycles. The zero-order valence-electron chi connectivity index (χ0n) is 6.15. The molecule has 0 aliphatic carbocycles. The van der Waals surface area contributed by atoms with Crippen LogP contribution in [0.2, 0.25) is 0 Å². The summed E-state index contributed by atoms with van der Waals surface area (Å²) in [5, 5.41) is 27.9. The number of rotatable bonds is 2. The third kappa shape index (κ3) is 1.73. The lowest BCUT2D eigenvalue weighted by atomic mass is 10.1. The van der Waals surface area contributed by atoms with Crippen LogP contribution in [0.1, 0.15) is 15.9 Å². The van der Waals surface area contributed by atoms with Gasteiger partial charge in [-0.25, -0.2) is 4.79 Å². The van der Waals surface area contributed by atoms with E-state index in [0.29, 0.717) is 5.56 Å². The fourth-order valence-corrected chi connectivity index (χ4v) is 0.875. The molecule has 0 amide bonds. The normalized spacial score (nSPS) is 9.75. The van der Waals surface area contributed by atoms with Gasteiger partial charge in [0.15, 0.2) is 0 Å². The van der Waals surface area contributed by atoms with Gasteiger partial charge in [0.1, 0.15) is 0 Å². The van der Waals surface area contributed by atoms with Crippen molar-refractivity contribution in [1.82, 2.24) is 0 Å². The van der Waals surface area contributed by atoms with Gasteiger partial charge >= 0.3 is 5.97 Å². The number of carbonyl (C=O) groups is 1. The quantitative estimate of drug-likeness (QED) is 0.647. The van der Waals surface area contributed by atoms with Crippen molar-refractivity contribution in [1.29, 1.82) is 0 Å². The van der Waals surface area contributed by atoms with Gasteiger partial charge in [0, 0.05) is 0 Å². The highest BCUT2D eigenvalue weighted by molar-refractivity contribution is 5.88. The number of carboxylic acid groups (broad SMARTS) is 1. The summed E-state index contributed by atoms with van der Waals surface area (Å²) in [5.41, 5.74) is 0.228. The predicted octanol–water partition coefficient (Wildman–Crippen LogP) is -0.0493. The Balaban J connectivity index is 3.15. The fourth-order valence-electron chi connectivity index (χ4n) is 0.875. The van der Waals surface area contributed by atoms with Gasteiger partial charge in [0.2, 0.25) is 0 Å². The van der Waals surface area contributed by atoms with Crippen LogP contribution in [0.3, 0.4) is 0 Å². The highest BCUT2D eigenvalue weighted by Crippen LogP contribution is 2.13. The minimum absolute atomic E-state index is 0.0912. The van der Waals surface area contributed by atoms with Crippen molar-refractivity contribution < 1.29 is 20.1 Å². The fraction of sp³-hybridized carbons (Fsp3) is 0.125. The van der Waals surface area contributed by atoms with Crippen LogP contribution < -0.4 is 5.11 Å². The minimum atomic E-state index is -1.16. The summed E-state index contributed by atoms with van der Waals surface area (Å²) in [5.74, 6) is -1.57. The second-order valence-corrected chi connectivity index (χ2v) is 2.33. The maximum absolute atomic E-state index is 10.8. The van der Waals surface area contributed by atoms with Gasteiger partial charge in [0.05, 0.1) is 12.2 Å². The van der Waals surface area contributed by atoms with Crippen LogP contribution in [-0.4, -0.2) is 16.2 Å². The Morgan fingerprint density at radius 1 is 1.42 bits per heavy atom. The van der Waals surface area contributed by atoms with Crippen LogP contribution in [0.5, 0.6) is 5.75 Å². The van der Waals surface area contributed by atoms with E-state index in [9.17, 15) is 9.90 Å². The van der Waals surface area contributed by atoms with Crippen molar-refractivity contribution in [3.05, 3.63) is 29.3 Å². The van der Waals surface area contributed by atoms with Crippen molar-refractivity contribution in [3.63, 3.8) is 0 Å². The summed E-state index contributed by atoms with van der Waals surface area (Å²) in [7, 11) is 0. The molecule has 2 N–H and O–H groups in total. The monoisotopic (exact) mass is 167 g/mol. The molecule has 0 atom stereocenters. The first-order valence-corrected chi connectivity index (χ1v) is 3.28. The minimum Gasteiger partial charge on any atom is -0.872 e. The van der Waals surface area contributed by atoms with Crippen LogP contribution in [0.4, 0.5) is 0 Å². The molecule has 12 heavy (non-hydrogen) atoms. The molecule has 4 nitrogen and oxygen atoms in total. The highest BCUT2D eigenvalue weighted by Gasteiger charge is 2.02. The molecule has 0 bridgehead atoms. The first-order chi connectivity index (χ1) is 5.63. The number of aliphatic hydroxyl groups is 1. The summed E-state index contributed by atoms with van der Waals surface area (Å²) >= 11 is 0. The Morgan fingerprint density at radius 2 is 2.08 bits per heavy atom. The van der Waals surface area contributed by atoms with Gasteiger partial charge in [-0.05, 0) is 11.6 Å². The van der Waals surface area contributed by atoms with E-state index in [1.54, 1.807) is 0 Å². The van der Waals surface area contributed by atoms with Crippen LogP contribution in [0, 0.1) is 0 Å². The predicted molar refractivity (Wildman–Crippen MR) is 38.8 cm³/mol. The van der Waals surface area contributed by atoms with Crippen LogP contribution >= 0.6 is 0 Å². The van der Waals surface area contributed by atoms with Crippen molar-refractivity contribution >= 4 is 5.97 Å². The van der Waals surface area contributed by atoms with E-state index < -0.39 is 11.7 Å². The lowest BCUT2D eigenvalue weighted by Gasteiger charge is -2.08. The van der Waals surface area contributed by atoms with E-state index in [1.165, 1.54) is 12.1 Å². The Labute approximate surface area is 68.7 Å². The topological polar surface area (TPSA) is 80.6 Å². The average molecular weight is 167 g/mol. The summed E-state index contributed by atoms with van der Waals surface area (Å²) in [6, 6.07) is 3.48. The molecule has 0 aromatic heterocycles. The Morgan fingerprint density at radius 3 is 2.58 bits per heavy atom. The summed E-state index contributed by atoms with van der Waals surface area (Å²) < 4.78 is 0. The number of carboxylic acids is 1. The van der Waals surface area contributed by atoms with E-state index in [-0.39, 0.29) is 12.2 Å². The molecule has 0 unspecified atom stereocenters. The molecule has 0 aliphatic rings. The molecule has 1 rings (SSSR count). The SMILES string of the molecule is O=C(O)c1cc([O-])cc(CO)c1. The first kappa shape index (κ1) is 8.55. The lowest BCUT2D eigenvalue weighted by molar-refractivity contribution is -0.268. The third-order valence-corrected chi connectivity index (χ3v) is 1.40.